The summed E-state index contributed by atoms with van der Waals surface area (Å²) in [4.78, 5) is 22.8. The Balaban J connectivity index is 2.16. The van der Waals surface area contributed by atoms with Crippen molar-refractivity contribution >= 4 is 11.8 Å². The van der Waals surface area contributed by atoms with E-state index < -0.39 is 12.0 Å². The van der Waals surface area contributed by atoms with E-state index >= 15 is 0 Å². The third-order valence-corrected chi connectivity index (χ3v) is 3.50. The van der Waals surface area contributed by atoms with E-state index in [0.717, 1.165) is 12.1 Å². The molecule has 6 nitrogen and oxygen atoms in total. The molecule has 0 spiro atoms. The molecule has 1 atom stereocenters. The van der Waals surface area contributed by atoms with Gasteiger partial charge in [-0.1, -0.05) is 13.8 Å². The molecule has 1 aromatic heterocycles. The summed E-state index contributed by atoms with van der Waals surface area (Å²) in [5.41, 5.74) is 7.57. The highest BCUT2D eigenvalue weighted by atomic mass is 16.4. The van der Waals surface area contributed by atoms with Crippen molar-refractivity contribution in [3.8, 4) is 0 Å². The Morgan fingerprint density at radius 2 is 2.21 bits per heavy atom. The van der Waals surface area contributed by atoms with E-state index in [2.05, 4.69) is 24.0 Å². The van der Waals surface area contributed by atoms with Crippen LogP contribution in [0.2, 0.25) is 0 Å². The highest BCUT2D eigenvalue weighted by molar-refractivity contribution is 5.99. The molecule has 0 fully saturated rings. The normalized spacial score (nSPS) is 19.0. The van der Waals surface area contributed by atoms with Gasteiger partial charge in [-0.25, -0.2) is 0 Å². The number of carbonyl (C=O) groups is 2. The van der Waals surface area contributed by atoms with Gasteiger partial charge in [0.25, 0.3) is 0 Å². The van der Waals surface area contributed by atoms with Crippen LogP contribution in [0, 0.1) is 5.41 Å². The average molecular weight is 265 g/mol. The Labute approximate surface area is 111 Å². The van der Waals surface area contributed by atoms with Crippen LogP contribution in [0.5, 0.6) is 0 Å². The molecule has 0 bridgehead atoms. The smallest absolute Gasteiger partial charge is 0.320 e. The van der Waals surface area contributed by atoms with E-state index in [4.69, 9.17) is 10.8 Å². The fourth-order valence-electron chi connectivity index (χ4n) is 2.54. The number of H-pyrrole nitrogens is 1. The first-order valence-electron chi connectivity index (χ1n) is 6.38. The van der Waals surface area contributed by atoms with Crippen molar-refractivity contribution in [2.45, 2.75) is 45.6 Å². The number of carboxylic acids is 1. The summed E-state index contributed by atoms with van der Waals surface area (Å²) in [5, 5.41) is 15.8. The van der Waals surface area contributed by atoms with Gasteiger partial charge in [0, 0.05) is 12.1 Å². The van der Waals surface area contributed by atoms with E-state index in [9.17, 15) is 9.59 Å². The lowest BCUT2D eigenvalue weighted by Gasteiger charge is -2.28. The molecule has 0 amide bonds. The topological polar surface area (TPSA) is 109 Å². The van der Waals surface area contributed by atoms with Gasteiger partial charge in [-0.05, 0) is 24.7 Å². The molecule has 104 valence electrons. The molecule has 1 aromatic rings. The third-order valence-electron chi connectivity index (χ3n) is 3.50. The van der Waals surface area contributed by atoms with Gasteiger partial charge in [0.1, 0.15) is 6.04 Å². The van der Waals surface area contributed by atoms with Gasteiger partial charge in [0.15, 0.2) is 5.78 Å². The molecule has 4 N–H and O–H groups in total. The quantitative estimate of drug-likeness (QED) is 0.749. The number of rotatable bonds is 4. The summed E-state index contributed by atoms with van der Waals surface area (Å²) >= 11 is 0. The van der Waals surface area contributed by atoms with Crippen LogP contribution < -0.4 is 5.73 Å². The Bertz CT molecular complexity index is 519. The number of nitrogens with two attached hydrogens (primary N) is 1. The molecule has 1 heterocycles. The number of hydrogen-bond donors (Lipinski definition) is 3. The fourth-order valence-corrected chi connectivity index (χ4v) is 2.54. The number of aryl methyl sites for hydroxylation is 1. The Morgan fingerprint density at radius 3 is 2.84 bits per heavy atom. The minimum atomic E-state index is -1.03. The van der Waals surface area contributed by atoms with Crippen molar-refractivity contribution in [3.63, 3.8) is 0 Å². The maximum atomic E-state index is 12.2. The SMILES string of the molecule is CC1(C)CC(=O)c2c(CC[C@H](N)C(=O)O)n[nH]c2C1. The molecule has 0 saturated heterocycles. The number of aromatic amines is 1. The summed E-state index contributed by atoms with van der Waals surface area (Å²) < 4.78 is 0. The summed E-state index contributed by atoms with van der Waals surface area (Å²) in [6.45, 7) is 4.10. The molecule has 1 aliphatic rings. The van der Waals surface area contributed by atoms with Crippen molar-refractivity contribution in [3.05, 3.63) is 17.0 Å². The monoisotopic (exact) mass is 265 g/mol. The number of aromatic nitrogens is 2. The maximum Gasteiger partial charge on any atom is 0.320 e. The highest BCUT2D eigenvalue weighted by Gasteiger charge is 2.34. The largest absolute Gasteiger partial charge is 0.480 e. The molecule has 0 aromatic carbocycles. The average Bonchev–Trinajstić information content (AvgIpc) is 2.67. The molecular formula is C13H19N3O3. The molecule has 2 rings (SSSR count). The van der Waals surface area contributed by atoms with Gasteiger partial charge in [0.05, 0.1) is 11.3 Å². The van der Waals surface area contributed by atoms with Crippen LogP contribution in [-0.4, -0.2) is 33.1 Å². The molecule has 0 aliphatic heterocycles. The molecule has 0 radical (unpaired) electrons. The second-order valence-corrected chi connectivity index (χ2v) is 5.95. The number of ketones is 1. The van der Waals surface area contributed by atoms with Gasteiger partial charge in [0.2, 0.25) is 0 Å². The fraction of sp³-hybridized carbons (Fsp3) is 0.615. The van der Waals surface area contributed by atoms with Crippen molar-refractivity contribution in [2.75, 3.05) is 0 Å². The van der Waals surface area contributed by atoms with Crippen LogP contribution in [0.4, 0.5) is 0 Å². The molecule has 0 unspecified atom stereocenters. The first-order chi connectivity index (χ1) is 8.80. The van der Waals surface area contributed by atoms with E-state index in [-0.39, 0.29) is 17.6 Å². The third kappa shape index (κ3) is 2.84. The summed E-state index contributed by atoms with van der Waals surface area (Å²) in [6.07, 6.45) is 1.97. The van der Waals surface area contributed by atoms with Crippen LogP contribution in [0.1, 0.15) is 48.4 Å². The number of carboxylic acid groups (broad SMARTS) is 1. The van der Waals surface area contributed by atoms with Gasteiger partial charge < -0.3 is 10.8 Å². The van der Waals surface area contributed by atoms with E-state index in [1.807, 2.05) is 0 Å². The first-order valence-corrected chi connectivity index (χ1v) is 6.38. The Morgan fingerprint density at radius 1 is 1.53 bits per heavy atom. The minimum absolute atomic E-state index is 0.0502. The van der Waals surface area contributed by atoms with Crippen LogP contribution in [0.15, 0.2) is 0 Å². The maximum absolute atomic E-state index is 12.2. The first kappa shape index (κ1) is 13.7. The predicted molar refractivity (Wildman–Crippen MR) is 69.0 cm³/mol. The van der Waals surface area contributed by atoms with Crippen molar-refractivity contribution in [1.82, 2.24) is 10.2 Å². The van der Waals surface area contributed by atoms with Crippen LogP contribution in [0.25, 0.3) is 0 Å². The number of nitrogens with one attached hydrogen (secondary N) is 1. The predicted octanol–water partition coefficient (Wildman–Crippen LogP) is 0.909. The van der Waals surface area contributed by atoms with Gasteiger partial charge in [-0.2, -0.15) is 5.10 Å². The zero-order chi connectivity index (χ0) is 14.2. The summed E-state index contributed by atoms with van der Waals surface area (Å²) in [7, 11) is 0. The van der Waals surface area contributed by atoms with E-state index in [1.54, 1.807) is 0 Å². The lowest BCUT2D eigenvalue weighted by atomic mass is 9.75. The van der Waals surface area contributed by atoms with E-state index in [1.165, 1.54) is 0 Å². The number of aliphatic carboxylic acids is 1. The minimum Gasteiger partial charge on any atom is -0.480 e. The molecular weight excluding hydrogens is 246 g/mol. The number of Topliss-reactive ketones (excluding diaryl/α,β-unsaturated/α-hetero) is 1. The van der Waals surface area contributed by atoms with Crippen molar-refractivity contribution in [2.24, 2.45) is 11.1 Å². The zero-order valence-electron chi connectivity index (χ0n) is 11.2. The standard InChI is InChI=1S/C13H19N3O3/c1-13(2)5-9-11(10(17)6-13)8(15-16-9)4-3-7(14)12(18)19/h7H,3-6,14H2,1-2H3,(H,15,16)(H,18,19)/t7-/m0/s1. The number of nitrogens with zero attached hydrogens (tertiary/aromatic N) is 1. The van der Waals surface area contributed by atoms with Gasteiger partial charge >= 0.3 is 5.97 Å². The van der Waals surface area contributed by atoms with Crippen molar-refractivity contribution < 1.29 is 14.7 Å². The molecule has 19 heavy (non-hydrogen) atoms. The number of carbonyl (C=O) groups excluding carboxylic acids is 1. The Kier molecular flexibility index (Phi) is 3.45. The molecule has 1 aliphatic carbocycles. The van der Waals surface area contributed by atoms with Gasteiger partial charge in [-0.3, -0.25) is 14.7 Å². The second kappa shape index (κ2) is 4.77. The molecule has 0 saturated carbocycles. The molecule has 6 heteroatoms. The number of hydrogen-bond acceptors (Lipinski definition) is 4. The lowest BCUT2D eigenvalue weighted by molar-refractivity contribution is -0.138. The summed E-state index contributed by atoms with van der Waals surface area (Å²) in [6, 6.07) is -0.914. The van der Waals surface area contributed by atoms with Gasteiger partial charge in [-0.15, -0.1) is 0 Å². The Hall–Kier alpha value is -1.69. The van der Waals surface area contributed by atoms with Crippen LogP contribution >= 0.6 is 0 Å². The second-order valence-electron chi connectivity index (χ2n) is 5.95. The van der Waals surface area contributed by atoms with Crippen LogP contribution in [-0.2, 0) is 17.6 Å². The van der Waals surface area contributed by atoms with Crippen LogP contribution in [0.3, 0.4) is 0 Å². The lowest BCUT2D eigenvalue weighted by Crippen LogP contribution is -2.31. The zero-order valence-corrected chi connectivity index (χ0v) is 11.2. The van der Waals surface area contributed by atoms with E-state index in [0.29, 0.717) is 24.1 Å². The summed E-state index contributed by atoms with van der Waals surface area (Å²) in [5.74, 6) is -0.948. The highest BCUT2D eigenvalue weighted by Crippen LogP contribution is 2.35. The number of fused-ring (bicyclic) bond motifs is 1. The van der Waals surface area contributed by atoms with Crippen molar-refractivity contribution in [1.29, 1.82) is 0 Å².